The molecule has 0 amide bonds. The fourth-order valence-corrected chi connectivity index (χ4v) is 3.79. The molecule has 1 nitrogen and oxygen atoms in total. The molecule has 90 valence electrons. The quantitative estimate of drug-likeness (QED) is 0.790. The minimum atomic E-state index is 0.414. The molecule has 3 heteroatoms. The zero-order chi connectivity index (χ0) is 11.6. The number of benzene rings is 1. The van der Waals surface area contributed by atoms with E-state index in [1.165, 1.54) is 37.9 Å². The molecule has 0 bridgehead atoms. The van der Waals surface area contributed by atoms with Crippen molar-refractivity contribution in [3.05, 3.63) is 33.8 Å². The van der Waals surface area contributed by atoms with Gasteiger partial charge in [-0.2, -0.15) is 0 Å². The van der Waals surface area contributed by atoms with Gasteiger partial charge >= 0.3 is 0 Å². The first kappa shape index (κ1) is 10.7. The number of likely N-dealkylation sites (tertiary alicyclic amines) is 1. The molecule has 0 aromatic heterocycles. The second-order valence-corrected chi connectivity index (χ2v) is 6.66. The van der Waals surface area contributed by atoms with Gasteiger partial charge in [-0.3, -0.25) is 4.90 Å². The lowest BCUT2D eigenvalue weighted by Gasteiger charge is -2.20. The summed E-state index contributed by atoms with van der Waals surface area (Å²) in [4.78, 5) is 2.68. The molecule has 1 heterocycles. The summed E-state index contributed by atoms with van der Waals surface area (Å²) in [5.74, 6) is 0.861. The van der Waals surface area contributed by atoms with Crippen molar-refractivity contribution in [2.24, 2.45) is 5.92 Å². The molecule has 0 unspecified atom stereocenters. The average Bonchev–Trinajstić information content (AvgIpc) is 3.22. The predicted molar refractivity (Wildman–Crippen MR) is 70.8 cm³/mol. The number of hydrogen-bond acceptors (Lipinski definition) is 1. The highest BCUT2D eigenvalue weighted by atomic mass is 35.5. The van der Waals surface area contributed by atoms with Gasteiger partial charge in [-0.1, -0.05) is 29.3 Å². The Labute approximate surface area is 112 Å². The number of piperidine rings is 1. The van der Waals surface area contributed by atoms with Crippen LogP contribution in [0.25, 0.3) is 0 Å². The van der Waals surface area contributed by atoms with Gasteiger partial charge in [-0.15, -0.1) is 0 Å². The van der Waals surface area contributed by atoms with E-state index < -0.39 is 0 Å². The van der Waals surface area contributed by atoms with Crippen molar-refractivity contribution in [1.29, 1.82) is 0 Å². The smallest absolute Gasteiger partial charge is 0.0595 e. The molecule has 1 aliphatic heterocycles. The van der Waals surface area contributed by atoms with Gasteiger partial charge in [0.15, 0.2) is 0 Å². The normalized spacial score (nSPS) is 36.0. The van der Waals surface area contributed by atoms with Gasteiger partial charge in [0.1, 0.15) is 0 Å². The Bertz CT molecular complexity index is 483. The zero-order valence-corrected chi connectivity index (χ0v) is 11.1. The molecule has 2 saturated carbocycles. The van der Waals surface area contributed by atoms with E-state index in [2.05, 4.69) is 17.0 Å². The van der Waals surface area contributed by atoms with Crippen LogP contribution in [0.15, 0.2) is 18.2 Å². The number of nitrogens with zero attached hydrogens (tertiary/aromatic N) is 1. The molecule has 0 N–H and O–H groups in total. The highest BCUT2D eigenvalue weighted by molar-refractivity contribution is 6.42. The maximum absolute atomic E-state index is 6.14. The summed E-state index contributed by atoms with van der Waals surface area (Å²) in [6.45, 7) is 2.53. The van der Waals surface area contributed by atoms with Crippen LogP contribution in [0.1, 0.15) is 24.8 Å². The average molecular weight is 268 g/mol. The molecule has 2 aliphatic carbocycles. The number of fused-ring (bicyclic) bond motifs is 1. The van der Waals surface area contributed by atoms with Crippen LogP contribution in [0.3, 0.4) is 0 Å². The van der Waals surface area contributed by atoms with E-state index in [1.807, 2.05) is 6.07 Å². The molecule has 4 rings (SSSR count). The number of halogens is 2. The maximum Gasteiger partial charge on any atom is 0.0595 e. The first-order valence-electron chi connectivity index (χ1n) is 6.39. The van der Waals surface area contributed by atoms with Crippen LogP contribution >= 0.6 is 23.2 Å². The van der Waals surface area contributed by atoms with Crippen LogP contribution in [0.4, 0.5) is 0 Å². The lowest BCUT2D eigenvalue weighted by Crippen LogP contribution is -2.28. The fourth-order valence-electron chi connectivity index (χ4n) is 3.49. The molecular weight excluding hydrogens is 253 g/mol. The van der Waals surface area contributed by atoms with Gasteiger partial charge in [-0.05, 0) is 42.9 Å². The van der Waals surface area contributed by atoms with Crippen molar-refractivity contribution in [2.75, 3.05) is 13.1 Å². The van der Waals surface area contributed by atoms with Crippen molar-refractivity contribution < 1.29 is 0 Å². The van der Waals surface area contributed by atoms with Crippen LogP contribution < -0.4 is 0 Å². The topological polar surface area (TPSA) is 3.24 Å². The van der Waals surface area contributed by atoms with E-state index in [0.29, 0.717) is 15.5 Å². The lowest BCUT2D eigenvalue weighted by molar-refractivity contribution is 0.288. The first-order valence-corrected chi connectivity index (χ1v) is 7.14. The fraction of sp³-hybridized carbons (Fsp3) is 0.571. The summed E-state index contributed by atoms with van der Waals surface area (Å²) in [7, 11) is 0. The van der Waals surface area contributed by atoms with E-state index in [0.717, 1.165) is 12.0 Å². The lowest BCUT2D eigenvalue weighted by atomic mass is 9.95. The van der Waals surface area contributed by atoms with Gasteiger partial charge in [-0.25, -0.2) is 0 Å². The van der Waals surface area contributed by atoms with E-state index in [1.54, 1.807) is 0 Å². The van der Waals surface area contributed by atoms with Crippen molar-refractivity contribution in [3.63, 3.8) is 0 Å². The minimum absolute atomic E-state index is 0.414. The summed E-state index contributed by atoms with van der Waals surface area (Å²) in [5, 5.41) is 1.37. The Hall–Kier alpha value is -0.240. The van der Waals surface area contributed by atoms with Gasteiger partial charge < -0.3 is 0 Å². The molecule has 3 fully saturated rings. The largest absolute Gasteiger partial charge is 0.299 e. The molecule has 17 heavy (non-hydrogen) atoms. The second kappa shape index (κ2) is 3.40. The van der Waals surface area contributed by atoms with Gasteiger partial charge in [0.25, 0.3) is 0 Å². The Morgan fingerprint density at radius 1 is 1.18 bits per heavy atom. The van der Waals surface area contributed by atoms with Crippen LogP contribution in [0, 0.1) is 5.92 Å². The molecule has 1 aromatic carbocycles. The van der Waals surface area contributed by atoms with Crippen LogP contribution in [-0.4, -0.2) is 24.0 Å². The third-order valence-corrected chi connectivity index (χ3v) is 5.47. The predicted octanol–water partition coefficient (Wildman–Crippen LogP) is 3.73. The van der Waals surface area contributed by atoms with E-state index >= 15 is 0 Å². The van der Waals surface area contributed by atoms with Gasteiger partial charge in [0.2, 0.25) is 0 Å². The molecule has 1 aromatic rings. The second-order valence-electron chi connectivity index (χ2n) is 5.85. The minimum Gasteiger partial charge on any atom is -0.299 e. The van der Waals surface area contributed by atoms with Crippen LogP contribution in [0.5, 0.6) is 0 Å². The van der Waals surface area contributed by atoms with E-state index in [9.17, 15) is 0 Å². The van der Waals surface area contributed by atoms with Crippen LogP contribution in [-0.2, 0) is 5.41 Å². The van der Waals surface area contributed by atoms with E-state index in [4.69, 9.17) is 23.2 Å². The Balaban J connectivity index is 1.64. The summed E-state index contributed by atoms with van der Waals surface area (Å²) >= 11 is 12.1. The monoisotopic (exact) mass is 267 g/mol. The number of rotatable bonds is 2. The molecule has 0 spiro atoms. The van der Waals surface area contributed by atoms with Gasteiger partial charge in [0, 0.05) is 24.5 Å². The Morgan fingerprint density at radius 2 is 2.00 bits per heavy atom. The first-order chi connectivity index (χ1) is 8.19. The third kappa shape index (κ3) is 1.56. The Morgan fingerprint density at radius 3 is 2.71 bits per heavy atom. The molecule has 2 atom stereocenters. The third-order valence-electron chi connectivity index (χ3n) is 4.73. The summed E-state index contributed by atoms with van der Waals surface area (Å²) < 4.78 is 0. The highest BCUT2D eigenvalue weighted by Gasteiger charge is 2.62. The SMILES string of the molecule is Clc1ccc([C@]23C[C@H]2CN(C2CC2)C3)cc1Cl. The standard InChI is InChI=1S/C14H15Cl2N/c15-12-4-1-9(5-13(12)16)14-6-10(14)7-17(8-14)11-2-3-11/h1,4-5,10-11H,2-3,6-8H2/t10-,14+/m0/s1. The zero-order valence-electron chi connectivity index (χ0n) is 9.63. The highest BCUT2D eigenvalue weighted by Crippen LogP contribution is 2.60. The van der Waals surface area contributed by atoms with Crippen LogP contribution in [0.2, 0.25) is 10.0 Å². The van der Waals surface area contributed by atoms with Crippen molar-refractivity contribution >= 4 is 23.2 Å². The maximum atomic E-state index is 6.14. The summed E-state index contributed by atoms with van der Waals surface area (Å²) in [6, 6.07) is 7.09. The van der Waals surface area contributed by atoms with Gasteiger partial charge in [0.05, 0.1) is 10.0 Å². The van der Waals surface area contributed by atoms with Crippen molar-refractivity contribution in [2.45, 2.75) is 30.7 Å². The summed E-state index contributed by atoms with van der Waals surface area (Å²) in [6.07, 6.45) is 4.16. The molecule has 3 aliphatic rings. The summed E-state index contributed by atoms with van der Waals surface area (Å²) in [5.41, 5.74) is 1.82. The molecule has 0 radical (unpaired) electrons. The number of hydrogen-bond donors (Lipinski definition) is 0. The Kier molecular flexibility index (Phi) is 2.13. The molecular formula is C14H15Cl2N. The van der Waals surface area contributed by atoms with Crippen molar-refractivity contribution in [3.8, 4) is 0 Å². The van der Waals surface area contributed by atoms with E-state index in [-0.39, 0.29) is 0 Å². The molecule has 1 saturated heterocycles. The van der Waals surface area contributed by atoms with Crippen molar-refractivity contribution in [1.82, 2.24) is 4.90 Å².